The van der Waals surface area contributed by atoms with Crippen LogP contribution in [0.3, 0.4) is 0 Å². The molecule has 2 unspecified atom stereocenters. The van der Waals surface area contributed by atoms with E-state index in [4.69, 9.17) is 0 Å². The summed E-state index contributed by atoms with van der Waals surface area (Å²) in [6.07, 6.45) is 3.49. The van der Waals surface area contributed by atoms with Gasteiger partial charge in [0.05, 0.1) is 12.2 Å². The third-order valence-electron chi connectivity index (χ3n) is 1.40. The smallest absolute Gasteiger partial charge is 0.0889 e. The first kappa shape index (κ1) is 11.6. The van der Waals surface area contributed by atoms with Gasteiger partial charge in [0.15, 0.2) is 0 Å². The van der Waals surface area contributed by atoms with Crippen LogP contribution in [0.5, 0.6) is 0 Å². The van der Waals surface area contributed by atoms with E-state index in [1.165, 1.54) is 0 Å². The van der Waals surface area contributed by atoms with Crippen molar-refractivity contribution in [2.24, 2.45) is 0 Å². The first-order valence-corrected chi connectivity index (χ1v) is 6.35. The van der Waals surface area contributed by atoms with Crippen LogP contribution in [0.25, 0.3) is 0 Å². The van der Waals surface area contributed by atoms with Crippen LogP contribution in [0.15, 0.2) is 0 Å². The van der Waals surface area contributed by atoms with Crippen molar-refractivity contribution in [1.82, 2.24) is 0 Å². The fraction of sp³-hybridized carbons (Fsp3) is 1.00. The molecule has 2 nitrogen and oxygen atoms in total. The second kappa shape index (κ2) is 7.28. The van der Waals surface area contributed by atoms with Crippen molar-refractivity contribution >= 4 is 23.5 Å². The average Bonchev–Trinajstić information content (AvgIpc) is 2.00. The maximum absolute atomic E-state index is 9.30. The molecule has 0 saturated heterocycles. The Labute approximate surface area is 76.8 Å². The highest BCUT2D eigenvalue weighted by atomic mass is 32.2. The van der Waals surface area contributed by atoms with Crippen molar-refractivity contribution in [3.63, 3.8) is 0 Å². The molecule has 0 aliphatic rings. The van der Waals surface area contributed by atoms with Crippen LogP contribution in [0.4, 0.5) is 0 Å². The van der Waals surface area contributed by atoms with Gasteiger partial charge in [0.25, 0.3) is 0 Å². The van der Waals surface area contributed by atoms with Crippen LogP contribution in [-0.4, -0.2) is 46.4 Å². The van der Waals surface area contributed by atoms with Crippen molar-refractivity contribution in [1.29, 1.82) is 0 Å². The molecule has 0 radical (unpaired) electrons. The van der Waals surface area contributed by atoms with Crippen LogP contribution >= 0.6 is 23.5 Å². The standard InChI is InChI=1S/C7H16O2S2/c1-10-4-3-6(8)7(9)5-11-2/h6-9H,3-5H2,1-2H3. The number of thioether (sulfide) groups is 2. The molecule has 0 aromatic carbocycles. The van der Waals surface area contributed by atoms with E-state index in [1.807, 2.05) is 12.5 Å². The Morgan fingerprint density at radius 1 is 1.09 bits per heavy atom. The van der Waals surface area contributed by atoms with E-state index in [9.17, 15) is 10.2 Å². The zero-order chi connectivity index (χ0) is 8.69. The molecule has 0 amide bonds. The van der Waals surface area contributed by atoms with Gasteiger partial charge in [-0.1, -0.05) is 0 Å². The zero-order valence-corrected chi connectivity index (χ0v) is 8.62. The van der Waals surface area contributed by atoms with Crippen LogP contribution < -0.4 is 0 Å². The SMILES string of the molecule is CSCCC(O)C(O)CSC. The Kier molecular flexibility index (Phi) is 7.69. The van der Waals surface area contributed by atoms with Gasteiger partial charge in [-0.25, -0.2) is 0 Å². The molecule has 2 atom stereocenters. The first-order chi connectivity index (χ1) is 5.22. The molecule has 0 aliphatic heterocycles. The van der Waals surface area contributed by atoms with Crippen molar-refractivity contribution in [2.75, 3.05) is 24.0 Å². The van der Waals surface area contributed by atoms with Crippen molar-refractivity contribution < 1.29 is 10.2 Å². The molecule has 0 aromatic heterocycles. The molecule has 11 heavy (non-hydrogen) atoms. The predicted octanol–water partition coefficient (Wildman–Crippen LogP) is 0.824. The number of hydrogen-bond acceptors (Lipinski definition) is 4. The van der Waals surface area contributed by atoms with Crippen LogP contribution in [0.2, 0.25) is 0 Å². The van der Waals surface area contributed by atoms with Gasteiger partial charge < -0.3 is 10.2 Å². The Morgan fingerprint density at radius 2 is 1.73 bits per heavy atom. The third kappa shape index (κ3) is 5.84. The highest BCUT2D eigenvalue weighted by molar-refractivity contribution is 7.98. The van der Waals surface area contributed by atoms with Crippen molar-refractivity contribution in [2.45, 2.75) is 18.6 Å². The predicted molar refractivity (Wildman–Crippen MR) is 53.4 cm³/mol. The fourth-order valence-electron chi connectivity index (χ4n) is 0.713. The monoisotopic (exact) mass is 196 g/mol. The molecule has 0 fully saturated rings. The molecule has 4 heteroatoms. The van der Waals surface area contributed by atoms with Crippen molar-refractivity contribution in [3.05, 3.63) is 0 Å². The normalized spacial score (nSPS) is 16.4. The second-order valence-electron chi connectivity index (χ2n) is 2.37. The van der Waals surface area contributed by atoms with Gasteiger partial charge in [0.2, 0.25) is 0 Å². The van der Waals surface area contributed by atoms with Gasteiger partial charge in [-0.2, -0.15) is 23.5 Å². The second-order valence-corrected chi connectivity index (χ2v) is 4.27. The maximum atomic E-state index is 9.30. The fourth-order valence-corrected chi connectivity index (χ4v) is 1.75. The summed E-state index contributed by atoms with van der Waals surface area (Å²) in [6, 6.07) is 0. The van der Waals surface area contributed by atoms with Gasteiger partial charge in [-0.15, -0.1) is 0 Å². The summed E-state index contributed by atoms with van der Waals surface area (Å²) in [5.74, 6) is 1.53. The summed E-state index contributed by atoms with van der Waals surface area (Å²) in [5.41, 5.74) is 0. The van der Waals surface area contributed by atoms with E-state index < -0.39 is 12.2 Å². The lowest BCUT2D eigenvalue weighted by molar-refractivity contribution is 0.0331. The molecule has 0 spiro atoms. The summed E-state index contributed by atoms with van der Waals surface area (Å²) in [4.78, 5) is 0. The Hall–Kier alpha value is 0.620. The molecular formula is C7H16O2S2. The minimum absolute atomic E-state index is 0.546. The van der Waals surface area contributed by atoms with E-state index >= 15 is 0 Å². The van der Waals surface area contributed by atoms with Crippen LogP contribution in [0, 0.1) is 0 Å². The molecule has 0 bridgehead atoms. The summed E-state index contributed by atoms with van der Waals surface area (Å²) >= 11 is 3.24. The van der Waals surface area contributed by atoms with E-state index in [2.05, 4.69) is 0 Å². The van der Waals surface area contributed by atoms with E-state index in [0.717, 1.165) is 5.75 Å². The quantitative estimate of drug-likeness (QED) is 0.660. The molecule has 0 saturated carbocycles. The van der Waals surface area contributed by atoms with Gasteiger partial charge in [-0.3, -0.25) is 0 Å². The highest BCUT2D eigenvalue weighted by Gasteiger charge is 2.14. The average molecular weight is 196 g/mol. The molecule has 68 valence electrons. The van der Waals surface area contributed by atoms with E-state index in [1.54, 1.807) is 23.5 Å². The van der Waals surface area contributed by atoms with Gasteiger partial charge in [-0.05, 0) is 24.7 Å². The zero-order valence-electron chi connectivity index (χ0n) is 6.99. The third-order valence-corrected chi connectivity index (χ3v) is 2.72. The highest BCUT2D eigenvalue weighted by Crippen LogP contribution is 2.07. The minimum Gasteiger partial charge on any atom is -0.390 e. The lowest BCUT2D eigenvalue weighted by Crippen LogP contribution is -2.28. The number of rotatable bonds is 6. The van der Waals surface area contributed by atoms with Gasteiger partial charge in [0.1, 0.15) is 0 Å². The Bertz CT molecular complexity index is 90.5. The summed E-state index contributed by atoms with van der Waals surface area (Å²) in [5, 5.41) is 18.6. The maximum Gasteiger partial charge on any atom is 0.0889 e. The van der Waals surface area contributed by atoms with E-state index in [-0.39, 0.29) is 0 Å². The lowest BCUT2D eigenvalue weighted by atomic mass is 10.2. The lowest BCUT2D eigenvalue weighted by Gasteiger charge is -2.15. The van der Waals surface area contributed by atoms with Crippen LogP contribution in [-0.2, 0) is 0 Å². The summed E-state index contributed by atoms with van der Waals surface area (Å²) in [7, 11) is 0. The Morgan fingerprint density at radius 3 is 2.18 bits per heavy atom. The summed E-state index contributed by atoms with van der Waals surface area (Å²) < 4.78 is 0. The molecule has 0 heterocycles. The van der Waals surface area contributed by atoms with Gasteiger partial charge in [0, 0.05) is 5.75 Å². The number of aliphatic hydroxyl groups excluding tert-OH is 2. The summed E-state index contributed by atoms with van der Waals surface area (Å²) in [6.45, 7) is 0. The topological polar surface area (TPSA) is 40.5 Å². The molecule has 0 aliphatic carbocycles. The molecule has 0 rings (SSSR count). The van der Waals surface area contributed by atoms with E-state index in [0.29, 0.717) is 12.2 Å². The molecule has 2 N–H and O–H groups in total. The largest absolute Gasteiger partial charge is 0.390 e. The Balaban J connectivity index is 3.38. The number of hydrogen-bond donors (Lipinski definition) is 2. The minimum atomic E-state index is -0.558. The molecule has 0 aromatic rings. The molecular weight excluding hydrogens is 180 g/mol. The van der Waals surface area contributed by atoms with Crippen LogP contribution in [0.1, 0.15) is 6.42 Å². The number of aliphatic hydroxyl groups is 2. The van der Waals surface area contributed by atoms with Crippen molar-refractivity contribution in [3.8, 4) is 0 Å². The first-order valence-electron chi connectivity index (χ1n) is 3.56. The van der Waals surface area contributed by atoms with Gasteiger partial charge >= 0.3 is 0 Å².